The van der Waals surface area contributed by atoms with Gasteiger partial charge < -0.3 is 9.88 Å². The van der Waals surface area contributed by atoms with Crippen molar-refractivity contribution in [1.29, 1.82) is 5.26 Å². The average molecular weight is 294 g/mol. The summed E-state index contributed by atoms with van der Waals surface area (Å²) in [6, 6.07) is 4.46. The molecule has 0 saturated carbocycles. The number of imidazole rings is 1. The lowest BCUT2D eigenvalue weighted by Crippen LogP contribution is -2.16. The molecule has 1 heterocycles. The molecule has 8 heteroatoms. The fraction of sp³-hybridized carbons (Fsp3) is 0.154. The van der Waals surface area contributed by atoms with Crippen molar-refractivity contribution >= 4 is 11.6 Å². The number of amides is 1. The zero-order valence-corrected chi connectivity index (χ0v) is 10.8. The van der Waals surface area contributed by atoms with Crippen LogP contribution in [0.4, 0.5) is 18.9 Å². The molecule has 21 heavy (non-hydrogen) atoms. The van der Waals surface area contributed by atoms with Gasteiger partial charge in [-0.05, 0) is 18.2 Å². The first kappa shape index (κ1) is 14.6. The third-order valence-corrected chi connectivity index (χ3v) is 2.75. The van der Waals surface area contributed by atoms with Gasteiger partial charge in [0.1, 0.15) is 5.69 Å². The molecule has 0 aliphatic heterocycles. The highest BCUT2D eigenvalue weighted by Gasteiger charge is 2.34. The largest absolute Gasteiger partial charge is 0.417 e. The molecule has 1 amide bonds. The molecular formula is C13H9F3N4O. The number of hydrogen-bond acceptors (Lipinski definition) is 3. The van der Waals surface area contributed by atoms with Crippen LogP contribution in [0, 0.1) is 11.3 Å². The topological polar surface area (TPSA) is 70.7 Å². The second-order valence-corrected chi connectivity index (χ2v) is 4.21. The normalized spacial score (nSPS) is 11.0. The SMILES string of the molecule is Cn1cncc1C(=O)Nc1ccc(C#N)c(C(F)(F)F)c1. The number of carbonyl (C=O) groups excluding carboxylic acids is 1. The summed E-state index contributed by atoms with van der Waals surface area (Å²) < 4.78 is 39.9. The molecule has 0 radical (unpaired) electrons. The summed E-state index contributed by atoms with van der Waals surface area (Å²) in [4.78, 5) is 15.6. The summed E-state index contributed by atoms with van der Waals surface area (Å²) in [5.41, 5.74) is -1.44. The van der Waals surface area contributed by atoms with E-state index in [1.54, 1.807) is 7.05 Å². The number of halogens is 3. The Bertz CT molecular complexity index is 728. The van der Waals surface area contributed by atoms with E-state index in [9.17, 15) is 18.0 Å². The van der Waals surface area contributed by atoms with Crippen molar-refractivity contribution in [3.05, 3.63) is 47.5 Å². The van der Waals surface area contributed by atoms with Gasteiger partial charge in [0.05, 0.1) is 29.7 Å². The van der Waals surface area contributed by atoms with Crippen molar-refractivity contribution in [3.63, 3.8) is 0 Å². The number of nitriles is 1. The number of alkyl halides is 3. The van der Waals surface area contributed by atoms with Gasteiger partial charge in [-0.15, -0.1) is 0 Å². The Kier molecular flexibility index (Phi) is 3.67. The fourth-order valence-electron chi connectivity index (χ4n) is 1.73. The van der Waals surface area contributed by atoms with E-state index in [1.165, 1.54) is 29.2 Å². The maximum absolute atomic E-state index is 12.8. The highest BCUT2D eigenvalue weighted by molar-refractivity contribution is 6.03. The second kappa shape index (κ2) is 5.28. The lowest BCUT2D eigenvalue weighted by molar-refractivity contribution is -0.137. The minimum Gasteiger partial charge on any atom is -0.330 e. The molecule has 0 spiro atoms. The van der Waals surface area contributed by atoms with Crippen LogP contribution >= 0.6 is 0 Å². The zero-order valence-electron chi connectivity index (χ0n) is 10.8. The van der Waals surface area contributed by atoms with Crippen LogP contribution in [0.15, 0.2) is 30.7 Å². The van der Waals surface area contributed by atoms with Gasteiger partial charge in [-0.25, -0.2) is 4.98 Å². The van der Waals surface area contributed by atoms with Gasteiger partial charge in [0.25, 0.3) is 5.91 Å². The molecule has 0 fully saturated rings. The van der Waals surface area contributed by atoms with Crippen LogP contribution in [0.2, 0.25) is 0 Å². The second-order valence-electron chi connectivity index (χ2n) is 4.21. The quantitative estimate of drug-likeness (QED) is 0.925. The molecule has 0 saturated heterocycles. The molecule has 2 rings (SSSR count). The Morgan fingerprint density at radius 2 is 2.14 bits per heavy atom. The van der Waals surface area contributed by atoms with E-state index in [-0.39, 0.29) is 11.4 Å². The van der Waals surface area contributed by atoms with Crippen LogP contribution in [0.25, 0.3) is 0 Å². The Morgan fingerprint density at radius 3 is 2.67 bits per heavy atom. The van der Waals surface area contributed by atoms with Gasteiger partial charge in [0, 0.05) is 12.7 Å². The summed E-state index contributed by atoms with van der Waals surface area (Å²) >= 11 is 0. The molecule has 0 aliphatic carbocycles. The third kappa shape index (κ3) is 3.02. The molecule has 0 unspecified atom stereocenters. The summed E-state index contributed by atoms with van der Waals surface area (Å²) in [6.45, 7) is 0. The van der Waals surface area contributed by atoms with Gasteiger partial charge in [0.2, 0.25) is 0 Å². The minimum atomic E-state index is -4.67. The molecule has 5 nitrogen and oxygen atoms in total. The Balaban J connectivity index is 2.32. The summed E-state index contributed by atoms with van der Waals surface area (Å²) in [6.07, 6.45) is -1.98. The minimum absolute atomic E-state index is 0.0486. The van der Waals surface area contributed by atoms with Crippen LogP contribution < -0.4 is 5.32 Å². The number of hydrogen-bond donors (Lipinski definition) is 1. The number of carbonyl (C=O) groups is 1. The van der Waals surface area contributed by atoms with E-state index < -0.39 is 23.2 Å². The number of aryl methyl sites for hydroxylation is 1. The van der Waals surface area contributed by atoms with Gasteiger partial charge in [-0.2, -0.15) is 18.4 Å². The summed E-state index contributed by atoms with van der Waals surface area (Å²) in [5, 5.41) is 11.0. The lowest BCUT2D eigenvalue weighted by Gasteiger charge is -2.11. The standard InChI is InChI=1S/C13H9F3N4O/c1-20-7-18-6-11(20)12(21)19-9-3-2-8(5-17)10(4-9)13(14,15)16/h2-4,6-7H,1H3,(H,19,21). The maximum atomic E-state index is 12.8. The molecule has 1 N–H and O–H groups in total. The van der Waals surface area contributed by atoms with Crippen molar-refractivity contribution in [2.45, 2.75) is 6.18 Å². The van der Waals surface area contributed by atoms with Gasteiger partial charge in [-0.3, -0.25) is 4.79 Å². The Hall–Kier alpha value is -2.82. The van der Waals surface area contributed by atoms with Crippen LogP contribution in [-0.4, -0.2) is 15.5 Å². The predicted octanol–water partition coefficient (Wildman–Crippen LogP) is 2.56. The van der Waals surface area contributed by atoms with Crippen LogP contribution in [-0.2, 0) is 13.2 Å². The highest BCUT2D eigenvalue weighted by atomic mass is 19.4. The maximum Gasteiger partial charge on any atom is 0.417 e. The van der Waals surface area contributed by atoms with E-state index >= 15 is 0 Å². The first-order chi connectivity index (χ1) is 9.82. The van der Waals surface area contributed by atoms with E-state index in [1.807, 2.05) is 0 Å². The van der Waals surface area contributed by atoms with Crippen LogP contribution in [0.1, 0.15) is 21.6 Å². The first-order valence-corrected chi connectivity index (χ1v) is 5.72. The Morgan fingerprint density at radius 1 is 1.43 bits per heavy atom. The van der Waals surface area contributed by atoms with Crippen LogP contribution in [0.5, 0.6) is 0 Å². The van der Waals surface area contributed by atoms with E-state index in [0.29, 0.717) is 0 Å². The van der Waals surface area contributed by atoms with Crippen molar-refractivity contribution in [2.75, 3.05) is 5.32 Å². The van der Waals surface area contributed by atoms with Crippen molar-refractivity contribution in [3.8, 4) is 6.07 Å². The molecular weight excluding hydrogens is 285 g/mol. The number of nitrogens with zero attached hydrogens (tertiary/aromatic N) is 3. The first-order valence-electron chi connectivity index (χ1n) is 5.72. The number of aromatic nitrogens is 2. The Labute approximate surface area is 117 Å². The molecule has 0 atom stereocenters. The van der Waals surface area contributed by atoms with E-state index in [4.69, 9.17) is 5.26 Å². The van der Waals surface area contributed by atoms with Crippen molar-refractivity contribution < 1.29 is 18.0 Å². The average Bonchev–Trinajstić information content (AvgIpc) is 2.84. The van der Waals surface area contributed by atoms with Gasteiger partial charge in [-0.1, -0.05) is 0 Å². The molecule has 108 valence electrons. The van der Waals surface area contributed by atoms with E-state index in [2.05, 4.69) is 10.3 Å². The summed E-state index contributed by atoms with van der Waals surface area (Å²) in [7, 11) is 1.59. The van der Waals surface area contributed by atoms with Gasteiger partial charge >= 0.3 is 6.18 Å². The number of anilines is 1. The van der Waals surface area contributed by atoms with E-state index in [0.717, 1.165) is 12.1 Å². The zero-order chi connectivity index (χ0) is 15.6. The molecule has 0 aliphatic rings. The monoisotopic (exact) mass is 294 g/mol. The molecule has 2 aromatic rings. The summed E-state index contributed by atoms with van der Waals surface area (Å²) in [5.74, 6) is -0.590. The number of nitrogens with one attached hydrogen (secondary N) is 1. The third-order valence-electron chi connectivity index (χ3n) is 2.75. The number of rotatable bonds is 2. The molecule has 1 aromatic heterocycles. The van der Waals surface area contributed by atoms with Crippen LogP contribution in [0.3, 0.4) is 0 Å². The van der Waals surface area contributed by atoms with Crippen molar-refractivity contribution in [1.82, 2.24) is 9.55 Å². The van der Waals surface area contributed by atoms with Gasteiger partial charge in [0.15, 0.2) is 0 Å². The smallest absolute Gasteiger partial charge is 0.330 e. The molecule has 0 bridgehead atoms. The van der Waals surface area contributed by atoms with Crippen molar-refractivity contribution in [2.24, 2.45) is 7.05 Å². The predicted molar refractivity (Wildman–Crippen MR) is 67.3 cm³/mol. The highest BCUT2D eigenvalue weighted by Crippen LogP contribution is 2.33. The fourth-order valence-corrected chi connectivity index (χ4v) is 1.73. The lowest BCUT2D eigenvalue weighted by atomic mass is 10.1. The number of benzene rings is 1. The molecule has 1 aromatic carbocycles.